The van der Waals surface area contributed by atoms with Crippen LogP contribution in [0.25, 0.3) is 5.69 Å². The molecule has 7 heteroatoms. The topological polar surface area (TPSA) is 76.4 Å². The van der Waals surface area contributed by atoms with Gasteiger partial charge >= 0.3 is 0 Å². The number of methoxy groups -OCH3 is 1. The van der Waals surface area contributed by atoms with E-state index in [0.717, 1.165) is 5.69 Å². The number of aromatic nitrogens is 2. The fourth-order valence-corrected chi connectivity index (χ4v) is 2.60. The van der Waals surface area contributed by atoms with Crippen LogP contribution in [0.5, 0.6) is 0 Å². The molecule has 0 spiro atoms. The van der Waals surface area contributed by atoms with Crippen molar-refractivity contribution in [3.05, 3.63) is 47.5 Å². The van der Waals surface area contributed by atoms with E-state index >= 15 is 0 Å². The number of hydrogen-bond donors (Lipinski definition) is 2. The smallest absolute Gasteiger partial charge is 0.254 e. The van der Waals surface area contributed by atoms with Crippen molar-refractivity contribution in [1.82, 2.24) is 15.1 Å². The minimum Gasteiger partial charge on any atom is -0.391 e. The molecule has 25 heavy (non-hydrogen) atoms. The molecule has 0 saturated heterocycles. The zero-order chi connectivity index (χ0) is 18.4. The number of nitrogens with zero attached hydrogens (tertiary/aromatic N) is 2. The summed E-state index contributed by atoms with van der Waals surface area (Å²) in [5.41, 5.74) is 1.92. The molecular formula is C18H24FN3O3. The van der Waals surface area contributed by atoms with E-state index in [-0.39, 0.29) is 24.2 Å². The van der Waals surface area contributed by atoms with E-state index in [1.807, 2.05) is 13.8 Å². The Balaban J connectivity index is 2.15. The summed E-state index contributed by atoms with van der Waals surface area (Å²) in [6, 6.07) is 5.96. The van der Waals surface area contributed by atoms with Crippen LogP contribution in [0.15, 0.2) is 30.5 Å². The Labute approximate surface area is 146 Å². The lowest BCUT2D eigenvalue weighted by Crippen LogP contribution is -2.29. The van der Waals surface area contributed by atoms with Gasteiger partial charge in [-0.15, -0.1) is 0 Å². The predicted molar refractivity (Wildman–Crippen MR) is 92.4 cm³/mol. The summed E-state index contributed by atoms with van der Waals surface area (Å²) in [4.78, 5) is 12.5. The van der Waals surface area contributed by atoms with Gasteiger partial charge in [0.2, 0.25) is 0 Å². The van der Waals surface area contributed by atoms with Crippen molar-refractivity contribution < 1.29 is 19.0 Å². The van der Waals surface area contributed by atoms with Crippen LogP contribution in [0.2, 0.25) is 0 Å². The predicted octanol–water partition coefficient (Wildman–Crippen LogP) is 2.26. The lowest BCUT2D eigenvalue weighted by Gasteiger charge is -2.14. The highest BCUT2D eigenvalue weighted by atomic mass is 19.1. The highest BCUT2D eigenvalue weighted by Gasteiger charge is 2.21. The molecule has 0 radical (unpaired) electrons. The lowest BCUT2D eigenvalue weighted by atomic mass is 10.0. The molecule has 1 aromatic heterocycles. The van der Waals surface area contributed by atoms with E-state index in [9.17, 15) is 14.3 Å². The van der Waals surface area contributed by atoms with Gasteiger partial charge < -0.3 is 15.2 Å². The van der Waals surface area contributed by atoms with E-state index in [0.29, 0.717) is 24.2 Å². The summed E-state index contributed by atoms with van der Waals surface area (Å²) in [7, 11) is 1.51. The van der Waals surface area contributed by atoms with Crippen molar-refractivity contribution in [2.45, 2.75) is 32.3 Å². The van der Waals surface area contributed by atoms with Crippen LogP contribution in [0.3, 0.4) is 0 Å². The molecule has 2 aromatic rings. The number of ether oxygens (including phenoxy) is 1. The maximum Gasteiger partial charge on any atom is 0.254 e. The van der Waals surface area contributed by atoms with Gasteiger partial charge in [0.15, 0.2) is 0 Å². The van der Waals surface area contributed by atoms with Gasteiger partial charge in [-0.1, -0.05) is 13.8 Å². The molecule has 0 saturated carbocycles. The summed E-state index contributed by atoms with van der Waals surface area (Å²) < 4.78 is 19.6. The summed E-state index contributed by atoms with van der Waals surface area (Å²) in [5.74, 6) is -0.524. The van der Waals surface area contributed by atoms with Crippen LogP contribution in [-0.4, -0.2) is 47.2 Å². The van der Waals surface area contributed by atoms with Gasteiger partial charge in [-0.3, -0.25) is 4.79 Å². The molecule has 0 aliphatic carbocycles. The number of aliphatic hydroxyl groups is 1. The fraction of sp³-hybridized carbons (Fsp3) is 0.444. The third kappa shape index (κ3) is 4.87. The molecule has 0 aliphatic heterocycles. The first-order chi connectivity index (χ1) is 11.9. The SMILES string of the molecule is COCC(O)CCNC(=O)c1cnn(-c2ccc(F)cc2)c1C(C)C. The first kappa shape index (κ1) is 19.1. The normalized spacial score (nSPS) is 12.4. The van der Waals surface area contributed by atoms with Gasteiger partial charge in [-0.25, -0.2) is 9.07 Å². The van der Waals surface area contributed by atoms with Crippen molar-refractivity contribution in [3.63, 3.8) is 0 Å². The molecule has 0 bridgehead atoms. The minimum absolute atomic E-state index is 0.0485. The number of amides is 1. The maximum atomic E-state index is 13.1. The quantitative estimate of drug-likeness (QED) is 0.766. The Hall–Kier alpha value is -2.25. The monoisotopic (exact) mass is 349 g/mol. The number of benzene rings is 1. The molecule has 1 unspecified atom stereocenters. The van der Waals surface area contributed by atoms with Crippen molar-refractivity contribution in [2.75, 3.05) is 20.3 Å². The van der Waals surface area contributed by atoms with Crippen LogP contribution < -0.4 is 5.32 Å². The zero-order valence-electron chi connectivity index (χ0n) is 14.7. The fourth-order valence-electron chi connectivity index (χ4n) is 2.60. The number of carbonyl (C=O) groups is 1. The summed E-state index contributed by atoms with van der Waals surface area (Å²) >= 11 is 0. The van der Waals surface area contributed by atoms with E-state index in [4.69, 9.17) is 4.74 Å². The Bertz CT molecular complexity index is 698. The van der Waals surface area contributed by atoms with Crippen molar-refractivity contribution >= 4 is 5.91 Å². The highest BCUT2D eigenvalue weighted by molar-refractivity contribution is 5.95. The average Bonchev–Trinajstić information content (AvgIpc) is 3.01. The van der Waals surface area contributed by atoms with Crippen LogP contribution in [0.1, 0.15) is 42.2 Å². The highest BCUT2D eigenvalue weighted by Crippen LogP contribution is 2.23. The number of aliphatic hydroxyl groups excluding tert-OH is 1. The molecular weight excluding hydrogens is 325 g/mol. The Kier molecular flexibility index (Phi) is 6.66. The lowest BCUT2D eigenvalue weighted by molar-refractivity contribution is 0.0587. The van der Waals surface area contributed by atoms with E-state index in [1.54, 1.807) is 16.8 Å². The van der Waals surface area contributed by atoms with Gasteiger partial charge in [0.1, 0.15) is 5.82 Å². The van der Waals surface area contributed by atoms with Crippen LogP contribution in [0, 0.1) is 5.82 Å². The van der Waals surface area contributed by atoms with Crippen LogP contribution in [0.4, 0.5) is 4.39 Å². The van der Waals surface area contributed by atoms with E-state index < -0.39 is 6.10 Å². The Morgan fingerprint density at radius 3 is 2.64 bits per heavy atom. The third-order valence-electron chi connectivity index (χ3n) is 3.79. The summed E-state index contributed by atoms with van der Waals surface area (Å²) in [6.07, 6.45) is 1.30. The Morgan fingerprint density at radius 1 is 1.36 bits per heavy atom. The van der Waals surface area contributed by atoms with Crippen LogP contribution in [-0.2, 0) is 4.74 Å². The molecule has 0 fully saturated rings. The molecule has 2 N–H and O–H groups in total. The number of hydrogen-bond acceptors (Lipinski definition) is 4. The number of halogens is 1. The molecule has 6 nitrogen and oxygen atoms in total. The second-order valence-corrected chi connectivity index (χ2v) is 6.14. The molecule has 0 aliphatic rings. The van der Waals surface area contributed by atoms with E-state index in [1.165, 1.54) is 25.4 Å². The first-order valence-electron chi connectivity index (χ1n) is 8.23. The van der Waals surface area contributed by atoms with Crippen molar-refractivity contribution in [2.24, 2.45) is 0 Å². The first-order valence-corrected chi connectivity index (χ1v) is 8.23. The van der Waals surface area contributed by atoms with Crippen LogP contribution >= 0.6 is 0 Å². The maximum absolute atomic E-state index is 13.1. The summed E-state index contributed by atoms with van der Waals surface area (Å²) in [5, 5.41) is 16.7. The molecule has 1 amide bonds. The molecule has 136 valence electrons. The van der Waals surface area contributed by atoms with Gasteiger partial charge in [0.25, 0.3) is 5.91 Å². The minimum atomic E-state index is -0.614. The average molecular weight is 349 g/mol. The second kappa shape index (κ2) is 8.73. The van der Waals surface area contributed by atoms with Gasteiger partial charge in [0, 0.05) is 13.7 Å². The number of rotatable bonds is 8. The molecule has 1 atom stereocenters. The second-order valence-electron chi connectivity index (χ2n) is 6.14. The van der Waals surface area contributed by atoms with Crippen molar-refractivity contribution in [1.29, 1.82) is 0 Å². The third-order valence-corrected chi connectivity index (χ3v) is 3.79. The largest absolute Gasteiger partial charge is 0.391 e. The summed E-state index contributed by atoms with van der Waals surface area (Å²) in [6.45, 7) is 4.50. The molecule has 1 aromatic carbocycles. The standard InChI is InChI=1S/C18H24FN3O3/c1-12(2)17-16(18(24)20-9-8-15(23)11-25-3)10-21-22(17)14-6-4-13(19)5-7-14/h4-7,10,12,15,23H,8-9,11H2,1-3H3,(H,20,24). The van der Waals surface area contributed by atoms with E-state index in [2.05, 4.69) is 10.4 Å². The van der Waals surface area contributed by atoms with Crippen molar-refractivity contribution in [3.8, 4) is 5.69 Å². The molecule has 1 heterocycles. The zero-order valence-corrected chi connectivity index (χ0v) is 14.7. The number of nitrogens with one attached hydrogen (secondary N) is 1. The van der Waals surface area contributed by atoms with Gasteiger partial charge in [-0.2, -0.15) is 5.10 Å². The van der Waals surface area contributed by atoms with Gasteiger partial charge in [0.05, 0.1) is 35.9 Å². The number of carbonyl (C=O) groups excluding carboxylic acids is 1. The molecule has 2 rings (SSSR count). The Morgan fingerprint density at radius 2 is 2.04 bits per heavy atom. The van der Waals surface area contributed by atoms with Gasteiger partial charge in [-0.05, 0) is 36.6 Å².